The van der Waals surface area contributed by atoms with Gasteiger partial charge in [0.25, 0.3) is 0 Å². The fourth-order valence-electron chi connectivity index (χ4n) is 2.11. The number of aryl methyl sites for hydroxylation is 1. The van der Waals surface area contributed by atoms with Crippen molar-refractivity contribution in [1.29, 1.82) is 0 Å². The zero-order valence-electron chi connectivity index (χ0n) is 12.1. The predicted octanol–water partition coefficient (Wildman–Crippen LogP) is 5.97. The molecule has 0 heterocycles. The fourth-order valence-corrected chi connectivity index (χ4v) is 2.11. The molecule has 2 aromatic rings. The van der Waals surface area contributed by atoms with E-state index in [1.165, 1.54) is 22.3 Å². The van der Waals surface area contributed by atoms with Crippen molar-refractivity contribution >= 4 is 12.2 Å². The zero-order chi connectivity index (χ0) is 14.3. The van der Waals surface area contributed by atoms with Crippen LogP contribution in [0, 0.1) is 6.92 Å². The van der Waals surface area contributed by atoms with Crippen molar-refractivity contribution in [1.82, 2.24) is 0 Å². The van der Waals surface area contributed by atoms with Gasteiger partial charge in [0.2, 0.25) is 0 Å². The summed E-state index contributed by atoms with van der Waals surface area (Å²) >= 11 is 0. The predicted molar refractivity (Wildman–Crippen MR) is 88.1 cm³/mol. The van der Waals surface area contributed by atoms with Crippen LogP contribution >= 0.6 is 0 Å². The van der Waals surface area contributed by atoms with Crippen LogP contribution in [0.15, 0.2) is 55.6 Å². The molecule has 0 aliphatic heterocycles. The van der Waals surface area contributed by atoms with E-state index in [1.807, 2.05) is 32.1 Å². The summed E-state index contributed by atoms with van der Waals surface area (Å²) in [4.78, 5) is 0. The molecule has 0 atom stereocenters. The molecule has 0 fully saturated rings. The minimum absolute atomic E-state index is 1.16. The van der Waals surface area contributed by atoms with Crippen molar-refractivity contribution in [2.24, 2.45) is 0 Å². The molecular formula is C19H22. The molecular weight excluding hydrogens is 228 g/mol. The highest BCUT2D eigenvalue weighted by molar-refractivity contribution is 5.81. The smallest absolute Gasteiger partial charge is 0.0105 e. The largest absolute Gasteiger partial charge is 0.0984 e. The molecule has 0 saturated carbocycles. The first kappa shape index (κ1) is 15.0. The van der Waals surface area contributed by atoms with Crippen LogP contribution < -0.4 is 0 Å². The first-order chi connectivity index (χ1) is 9.27. The fraction of sp³-hybridized carbons (Fsp3) is 0.158. The van der Waals surface area contributed by atoms with Gasteiger partial charge in [0.1, 0.15) is 0 Å². The molecule has 19 heavy (non-hydrogen) atoms. The van der Waals surface area contributed by atoms with Crippen molar-refractivity contribution in [2.75, 3.05) is 0 Å². The monoisotopic (exact) mass is 250 g/mol. The minimum atomic E-state index is 1.16. The van der Waals surface area contributed by atoms with E-state index in [0.717, 1.165) is 5.56 Å². The first-order valence-electron chi connectivity index (χ1n) is 6.72. The molecule has 0 aromatic heterocycles. The van der Waals surface area contributed by atoms with E-state index in [-0.39, 0.29) is 0 Å². The Balaban J connectivity index is 0.000000861. The molecule has 98 valence electrons. The summed E-state index contributed by atoms with van der Waals surface area (Å²) in [5, 5.41) is 0. The molecule has 0 aliphatic carbocycles. The summed E-state index contributed by atoms with van der Waals surface area (Å²) in [6.07, 6.45) is 3.81. The molecule has 0 N–H and O–H groups in total. The van der Waals surface area contributed by atoms with Gasteiger partial charge in [0.15, 0.2) is 0 Å². The highest BCUT2D eigenvalue weighted by Crippen LogP contribution is 2.29. The minimum Gasteiger partial charge on any atom is -0.0984 e. The van der Waals surface area contributed by atoms with Crippen LogP contribution in [0.2, 0.25) is 0 Å². The van der Waals surface area contributed by atoms with Gasteiger partial charge in [-0.2, -0.15) is 0 Å². The van der Waals surface area contributed by atoms with Crippen molar-refractivity contribution in [3.63, 3.8) is 0 Å². The Morgan fingerprint density at radius 1 is 0.789 bits per heavy atom. The van der Waals surface area contributed by atoms with Gasteiger partial charge < -0.3 is 0 Å². The van der Waals surface area contributed by atoms with Gasteiger partial charge in [-0.1, -0.05) is 81.6 Å². The number of rotatable bonds is 3. The van der Waals surface area contributed by atoms with E-state index in [4.69, 9.17) is 0 Å². The van der Waals surface area contributed by atoms with Crippen LogP contribution in [0.4, 0.5) is 0 Å². The Hall–Kier alpha value is -2.08. The van der Waals surface area contributed by atoms with Crippen molar-refractivity contribution in [3.05, 3.63) is 72.3 Å². The average Bonchev–Trinajstić information content (AvgIpc) is 2.49. The summed E-state index contributed by atoms with van der Waals surface area (Å²) in [5.74, 6) is 0. The Kier molecular flexibility index (Phi) is 5.81. The van der Waals surface area contributed by atoms with Gasteiger partial charge in [0.05, 0.1) is 0 Å². The van der Waals surface area contributed by atoms with Gasteiger partial charge >= 0.3 is 0 Å². The molecule has 0 spiro atoms. The Labute approximate surface area is 117 Å². The third-order valence-electron chi connectivity index (χ3n) is 3.00. The van der Waals surface area contributed by atoms with E-state index in [9.17, 15) is 0 Å². The van der Waals surface area contributed by atoms with Crippen LogP contribution in [-0.4, -0.2) is 0 Å². The van der Waals surface area contributed by atoms with E-state index >= 15 is 0 Å². The zero-order valence-corrected chi connectivity index (χ0v) is 12.1. The van der Waals surface area contributed by atoms with Gasteiger partial charge in [-0.05, 0) is 34.7 Å². The third kappa shape index (κ3) is 3.23. The Morgan fingerprint density at radius 2 is 1.37 bits per heavy atom. The maximum Gasteiger partial charge on any atom is -0.0105 e. The molecule has 0 nitrogen and oxygen atoms in total. The highest BCUT2D eigenvalue weighted by atomic mass is 14.1. The topological polar surface area (TPSA) is 0 Å². The van der Waals surface area contributed by atoms with Crippen molar-refractivity contribution in [3.8, 4) is 11.1 Å². The quantitative estimate of drug-likeness (QED) is 0.629. The second kappa shape index (κ2) is 7.38. The summed E-state index contributed by atoms with van der Waals surface area (Å²) in [7, 11) is 0. The second-order valence-corrected chi connectivity index (χ2v) is 4.03. The normalized spacial score (nSPS) is 9.21. The van der Waals surface area contributed by atoms with Gasteiger partial charge in [-0.3, -0.25) is 0 Å². The highest BCUT2D eigenvalue weighted by Gasteiger charge is 2.07. The number of hydrogen-bond acceptors (Lipinski definition) is 0. The molecule has 0 heteroatoms. The van der Waals surface area contributed by atoms with Crippen LogP contribution in [-0.2, 0) is 0 Å². The van der Waals surface area contributed by atoms with E-state index < -0.39 is 0 Å². The lowest BCUT2D eigenvalue weighted by atomic mass is 9.92. The third-order valence-corrected chi connectivity index (χ3v) is 3.00. The Bertz CT molecular complexity index is 548. The second-order valence-electron chi connectivity index (χ2n) is 4.03. The molecule has 0 saturated heterocycles. The van der Waals surface area contributed by atoms with Crippen molar-refractivity contribution < 1.29 is 0 Å². The van der Waals surface area contributed by atoms with Crippen LogP contribution in [0.5, 0.6) is 0 Å². The maximum absolute atomic E-state index is 3.92. The molecule has 0 amide bonds. The van der Waals surface area contributed by atoms with Crippen molar-refractivity contribution in [2.45, 2.75) is 20.8 Å². The van der Waals surface area contributed by atoms with Crippen LogP contribution in [0.3, 0.4) is 0 Å². The van der Waals surface area contributed by atoms with E-state index in [2.05, 4.69) is 56.5 Å². The van der Waals surface area contributed by atoms with Gasteiger partial charge in [-0.15, -0.1) is 0 Å². The molecule has 0 unspecified atom stereocenters. The summed E-state index contributed by atoms with van der Waals surface area (Å²) < 4.78 is 0. The van der Waals surface area contributed by atoms with Crippen LogP contribution in [0.25, 0.3) is 23.3 Å². The van der Waals surface area contributed by atoms with Crippen LogP contribution in [0.1, 0.15) is 30.5 Å². The molecule has 2 aromatic carbocycles. The first-order valence-corrected chi connectivity index (χ1v) is 6.72. The average molecular weight is 250 g/mol. The van der Waals surface area contributed by atoms with Gasteiger partial charge in [-0.25, -0.2) is 0 Å². The summed E-state index contributed by atoms with van der Waals surface area (Å²) in [5.41, 5.74) is 5.98. The number of benzene rings is 2. The lowest BCUT2D eigenvalue weighted by molar-refractivity contribution is 1.42. The Morgan fingerprint density at radius 3 is 1.89 bits per heavy atom. The lowest BCUT2D eigenvalue weighted by Crippen LogP contribution is -1.90. The van der Waals surface area contributed by atoms with E-state index in [0.29, 0.717) is 0 Å². The summed E-state index contributed by atoms with van der Waals surface area (Å²) in [6.45, 7) is 13.9. The molecule has 0 aliphatic rings. The molecule has 2 rings (SSSR count). The maximum atomic E-state index is 3.92. The van der Waals surface area contributed by atoms with E-state index in [1.54, 1.807) is 0 Å². The molecule has 0 radical (unpaired) electrons. The lowest BCUT2D eigenvalue weighted by Gasteiger charge is -2.12. The summed E-state index contributed by atoms with van der Waals surface area (Å²) in [6, 6.07) is 14.6. The SMILES string of the molecule is C=Cc1c(C)ccc(-c2ccccc2)c1C=C.CC. The molecule has 0 bridgehead atoms. The van der Waals surface area contributed by atoms with Gasteiger partial charge in [0, 0.05) is 0 Å². The standard InChI is InChI=1S/C17H16.C2H6/c1-4-15-13(3)11-12-17(16(15)5-2)14-9-7-6-8-10-14;1-2/h4-12H,1-2H2,3H3;1-2H3. The number of hydrogen-bond donors (Lipinski definition) is 0.